The molecule has 0 unspecified atom stereocenters. The third kappa shape index (κ3) is 3.43. The number of nitrogens with zero attached hydrogens (tertiary/aromatic N) is 1. The largest absolute Gasteiger partial charge is 0.319 e. The van der Waals surface area contributed by atoms with Gasteiger partial charge in [0.25, 0.3) is 5.91 Å². The van der Waals surface area contributed by atoms with E-state index in [-0.39, 0.29) is 16.4 Å². The highest BCUT2D eigenvalue weighted by atomic mass is 79.9. The van der Waals surface area contributed by atoms with Gasteiger partial charge in [-0.2, -0.15) is 0 Å². The molecular formula is C12H6BrCl2FN2O. The van der Waals surface area contributed by atoms with Crippen LogP contribution in [-0.4, -0.2) is 10.9 Å². The molecular weight excluding hydrogens is 358 g/mol. The summed E-state index contributed by atoms with van der Waals surface area (Å²) in [7, 11) is 0. The van der Waals surface area contributed by atoms with Crippen LogP contribution in [0.2, 0.25) is 10.2 Å². The Kier molecular flexibility index (Phi) is 4.39. The van der Waals surface area contributed by atoms with Crippen molar-refractivity contribution in [3.63, 3.8) is 0 Å². The molecule has 98 valence electrons. The second kappa shape index (κ2) is 5.86. The lowest BCUT2D eigenvalue weighted by molar-refractivity contribution is 0.102. The van der Waals surface area contributed by atoms with Crippen molar-refractivity contribution in [3.8, 4) is 0 Å². The van der Waals surface area contributed by atoms with E-state index in [9.17, 15) is 9.18 Å². The molecule has 0 saturated carbocycles. The van der Waals surface area contributed by atoms with Gasteiger partial charge in [-0.05, 0) is 40.2 Å². The Morgan fingerprint density at radius 3 is 2.79 bits per heavy atom. The van der Waals surface area contributed by atoms with E-state index in [0.717, 1.165) is 0 Å². The second-order valence-electron chi connectivity index (χ2n) is 3.57. The van der Waals surface area contributed by atoms with Gasteiger partial charge in [0.05, 0.1) is 11.3 Å². The van der Waals surface area contributed by atoms with E-state index >= 15 is 0 Å². The normalized spacial score (nSPS) is 10.3. The summed E-state index contributed by atoms with van der Waals surface area (Å²) < 4.78 is 14.1. The van der Waals surface area contributed by atoms with Crippen molar-refractivity contribution in [1.29, 1.82) is 0 Å². The summed E-state index contributed by atoms with van der Waals surface area (Å²) in [4.78, 5) is 15.8. The van der Waals surface area contributed by atoms with Crippen molar-refractivity contribution in [1.82, 2.24) is 4.98 Å². The molecule has 1 aromatic carbocycles. The molecule has 0 atom stereocenters. The minimum atomic E-state index is -0.586. The molecule has 1 amide bonds. The highest BCUT2D eigenvalue weighted by Gasteiger charge is 2.14. The van der Waals surface area contributed by atoms with E-state index in [1.807, 2.05) is 0 Å². The van der Waals surface area contributed by atoms with Gasteiger partial charge in [-0.3, -0.25) is 4.79 Å². The maximum absolute atomic E-state index is 13.5. The van der Waals surface area contributed by atoms with Gasteiger partial charge in [0.2, 0.25) is 0 Å². The average molecular weight is 364 g/mol. The number of nitrogens with one attached hydrogen (secondary N) is 1. The number of carbonyl (C=O) groups is 1. The number of pyridine rings is 1. The fraction of sp³-hybridized carbons (Fsp3) is 0. The number of aromatic nitrogens is 1. The Balaban J connectivity index is 2.30. The van der Waals surface area contributed by atoms with E-state index in [1.54, 1.807) is 0 Å². The van der Waals surface area contributed by atoms with Crippen LogP contribution in [0.1, 0.15) is 10.4 Å². The molecule has 7 heteroatoms. The third-order valence-corrected chi connectivity index (χ3v) is 3.20. The minimum Gasteiger partial charge on any atom is -0.319 e. The molecule has 0 aliphatic carbocycles. The standard InChI is InChI=1S/C12H6BrCl2FN2O/c13-6-3-8(11(15)17-5-6)12(19)18-10-4-7(14)1-2-9(10)16/h1-5H,(H,18,19). The Labute approximate surface area is 126 Å². The zero-order valence-electron chi connectivity index (χ0n) is 9.25. The molecule has 0 spiro atoms. The molecule has 1 N–H and O–H groups in total. The van der Waals surface area contributed by atoms with Crippen molar-refractivity contribution >= 4 is 50.7 Å². The van der Waals surface area contributed by atoms with Crippen LogP contribution in [0.25, 0.3) is 0 Å². The van der Waals surface area contributed by atoms with Crippen LogP contribution in [0.5, 0.6) is 0 Å². The van der Waals surface area contributed by atoms with Gasteiger partial charge in [0.15, 0.2) is 0 Å². The summed E-state index contributed by atoms with van der Waals surface area (Å²) in [5, 5.41) is 2.74. The maximum atomic E-state index is 13.5. The fourth-order valence-corrected chi connectivity index (χ4v) is 2.06. The first-order valence-electron chi connectivity index (χ1n) is 5.05. The summed E-state index contributed by atoms with van der Waals surface area (Å²) in [5.74, 6) is -1.16. The summed E-state index contributed by atoms with van der Waals surface area (Å²) in [6.45, 7) is 0. The zero-order valence-corrected chi connectivity index (χ0v) is 12.4. The predicted molar refractivity (Wildman–Crippen MR) is 76.3 cm³/mol. The van der Waals surface area contributed by atoms with Gasteiger partial charge < -0.3 is 5.32 Å². The lowest BCUT2D eigenvalue weighted by atomic mass is 10.2. The second-order valence-corrected chi connectivity index (χ2v) is 5.28. The number of anilines is 1. The van der Waals surface area contributed by atoms with E-state index in [4.69, 9.17) is 23.2 Å². The number of amides is 1. The van der Waals surface area contributed by atoms with E-state index in [0.29, 0.717) is 9.50 Å². The Hall–Kier alpha value is -1.17. The van der Waals surface area contributed by atoms with Gasteiger partial charge in [0.1, 0.15) is 11.0 Å². The van der Waals surface area contributed by atoms with Crippen LogP contribution in [-0.2, 0) is 0 Å². The van der Waals surface area contributed by atoms with E-state index < -0.39 is 11.7 Å². The Morgan fingerprint density at radius 1 is 1.32 bits per heavy atom. The van der Waals surface area contributed by atoms with Gasteiger partial charge >= 0.3 is 0 Å². The van der Waals surface area contributed by atoms with Crippen LogP contribution >= 0.6 is 39.1 Å². The molecule has 1 heterocycles. The van der Waals surface area contributed by atoms with Crippen molar-refractivity contribution in [2.75, 3.05) is 5.32 Å². The molecule has 19 heavy (non-hydrogen) atoms. The number of hydrogen-bond donors (Lipinski definition) is 1. The van der Waals surface area contributed by atoms with Crippen molar-refractivity contribution in [3.05, 3.63) is 56.5 Å². The van der Waals surface area contributed by atoms with Gasteiger partial charge in [-0.1, -0.05) is 23.2 Å². The van der Waals surface area contributed by atoms with Crippen LogP contribution in [0.3, 0.4) is 0 Å². The lowest BCUT2D eigenvalue weighted by Gasteiger charge is -2.08. The average Bonchev–Trinajstić information content (AvgIpc) is 2.36. The molecule has 0 bridgehead atoms. The Bertz CT molecular complexity index is 652. The molecule has 0 aliphatic heterocycles. The van der Waals surface area contributed by atoms with Crippen LogP contribution in [0, 0.1) is 5.82 Å². The zero-order chi connectivity index (χ0) is 14.0. The highest BCUT2D eigenvalue weighted by molar-refractivity contribution is 9.10. The first-order chi connectivity index (χ1) is 8.97. The number of hydrogen-bond acceptors (Lipinski definition) is 2. The van der Waals surface area contributed by atoms with Crippen molar-refractivity contribution in [2.45, 2.75) is 0 Å². The molecule has 0 saturated heterocycles. The molecule has 0 fully saturated rings. The molecule has 2 aromatic rings. The fourth-order valence-electron chi connectivity index (χ4n) is 1.36. The highest BCUT2D eigenvalue weighted by Crippen LogP contribution is 2.23. The van der Waals surface area contributed by atoms with Crippen molar-refractivity contribution in [2.24, 2.45) is 0 Å². The first kappa shape index (κ1) is 14.2. The topological polar surface area (TPSA) is 42.0 Å². The summed E-state index contributed by atoms with van der Waals surface area (Å²) in [6, 6.07) is 5.36. The molecule has 0 aliphatic rings. The number of carbonyl (C=O) groups excluding carboxylic acids is 1. The molecule has 2 rings (SSSR count). The Morgan fingerprint density at radius 2 is 2.05 bits per heavy atom. The smallest absolute Gasteiger partial charge is 0.258 e. The lowest BCUT2D eigenvalue weighted by Crippen LogP contribution is -2.14. The predicted octanol–water partition coefficient (Wildman–Crippen LogP) is 4.54. The van der Waals surface area contributed by atoms with E-state index in [1.165, 1.54) is 30.5 Å². The third-order valence-electron chi connectivity index (χ3n) is 2.23. The number of rotatable bonds is 2. The van der Waals surface area contributed by atoms with Crippen LogP contribution in [0.15, 0.2) is 34.9 Å². The van der Waals surface area contributed by atoms with Gasteiger partial charge in [-0.25, -0.2) is 9.37 Å². The van der Waals surface area contributed by atoms with Crippen LogP contribution < -0.4 is 5.32 Å². The molecule has 1 aromatic heterocycles. The van der Waals surface area contributed by atoms with Crippen molar-refractivity contribution < 1.29 is 9.18 Å². The number of halogens is 4. The summed E-state index contributed by atoms with van der Waals surface area (Å²) in [5.41, 5.74) is 0.115. The maximum Gasteiger partial charge on any atom is 0.258 e. The molecule has 0 radical (unpaired) electrons. The summed E-state index contributed by atoms with van der Waals surface area (Å²) >= 11 is 14.7. The van der Waals surface area contributed by atoms with Gasteiger partial charge in [-0.15, -0.1) is 0 Å². The summed E-state index contributed by atoms with van der Waals surface area (Å²) in [6.07, 6.45) is 1.46. The van der Waals surface area contributed by atoms with Gasteiger partial charge in [0, 0.05) is 15.7 Å². The molecule has 3 nitrogen and oxygen atoms in total. The van der Waals surface area contributed by atoms with Crippen LogP contribution in [0.4, 0.5) is 10.1 Å². The minimum absolute atomic E-state index is 0.0199. The SMILES string of the molecule is O=C(Nc1cc(Cl)ccc1F)c1cc(Br)cnc1Cl. The monoisotopic (exact) mass is 362 g/mol. The first-order valence-corrected chi connectivity index (χ1v) is 6.59. The van der Waals surface area contributed by atoms with E-state index in [2.05, 4.69) is 26.2 Å². The number of benzene rings is 1. The quantitative estimate of drug-likeness (QED) is 0.795.